The lowest BCUT2D eigenvalue weighted by Crippen LogP contribution is -2.30. The molecule has 0 aromatic heterocycles. The molecule has 0 aliphatic heterocycles. The third-order valence-corrected chi connectivity index (χ3v) is 9.94. The van der Waals surface area contributed by atoms with E-state index in [0.717, 1.165) is 89.9 Å². The van der Waals surface area contributed by atoms with E-state index in [2.05, 4.69) is 93.7 Å². The van der Waals surface area contributed by atoms with Gasteiger partial charge in [0.2, 0.25) is 0 Å². The van der Waals surface area contributed by atoms with Crippen molar-refractivity contribution in [2.24, 2.45) is 0 Å². The lowest BCUT2D eigenvalue weighted by molar-refractivity contribution is -0.167. The van der Waals surface area contributed by atoms with Gasteiger partial charge in [0.25, 0.3) is 0 Å². The van der Waals surface area contributed by atoms with Crippen LogP contribution < -0.4 is 0 Å². The van der Waals surface area contributed by atoms with Crippen molar-refractivity contribution in [1.29, 1.82) is 0 Å². The largest absolute Gasteiger partial charge is 0.462 e. The molecule has 0 fully saturated rings. The van der Waals surface area contributed by atoms with E-state index in [1.807, 2.05) is 0 Å². The number of ether oxygens (including phenoxy) is 3. The summed E-state index contributed by atoms with van der Waals surface area (Å²) >= 11 is 0. The van der Waals surface area contributed by atoms with Gasteiger partial charge in [-0.2, -0.15) is 0 Å². The summed E-state index contributed by atoms with van der Waals surface area (Å²) in [7, 11) is 0. The summed E-state index contributed by atoms with van der Waals surface area (Å²) in [6.07, 6.45) is 57.5. The third-order valence-electron chi connectivity index (χ3n) is 9.94. The van der Waals surface area contributed by atoms with E-state index in [1.165, 1.54) is 83.5 Å². The molecule has 0 aliphatic carbocycles. The van der Waals surface area contributed by atoms with E-state index in [-0.39, 0.29) is 37.5 Å². The Balaban J connectivity index is 4.49. The van der Waals surface area contributed by atoms with Gasteiger partial charge in [0.05, 0.1) is 0 Å². The van der Waals surface area contributed by atoms with Crippen LogP contribution in [-0.4, -0.2) is 37.2 Å². The first-order valence-corrected chi connectivity index (χ1v) is 24.0. The van der Waals surface area contributed by atoms with Gasteiger partial charge in [0, 0.05) is 19.3 Å². The summed E-state index contributed by atoms with van der Waals surface area (Å²) in [5, 5.41) is 0. The van der Waals surface area contributed by atoms with Crippen LogP contribution in [0, 0.1) is 0 Å². The van der Waals surface area contributed by atoms with Crippen molar-refractivity contribution in [3.63, 3.8) is 0 Å². The topological polar surface area (TPSA) is 78.9 Å². The molecule has 0 bridgehead atoms. The van der Waals surface area contributed by atoms with E-state index in [0.29, 0.717) is 19.3 Å². The molecule has 0 saturated carbocycles. The van der Waals surface area contributed by atoms with Crippen LogP contribution in [0.4, 0.5) is 0 Å². The molecule has 0 amide bonds. The highest BCUT2D eigenvalue weighted by molar-refractivity contribution is 5.71. The van der Waals surface area contributed by atoms with Gasteiger partial charge in [0.15, 0.2) is 6.10 Å². The van der Waals surface area contributed by atoms with Gasteiger partial charge in [-0.1, -0.05) is 177 Å². The van der Waals surface area contributed by atoms with Crippen molar-refractivity contribution >= 4 is 17.9 Å². The third kappa shape index (κ3) is 44.0. The van der Waals surface area contributed by atoms with Crippen molar-refractivity contribution in [2.45, 2.75) is 226 Å². The molecule has 1 unspecified atom stereocenters. The van der Waals surface area contributed by atoms with Crippen molar-refractivity contribution < 1.29 is 28.6 Å². The zero-order valence-corrected chi connectivity index (χ0v) is 37.8. The van der Waals surface area contributed by atoms with Crippen LogP contribution in [-0.2, 0) is 28.6 Å². The van der Waals surface area contributed by atoms with E-state index in [9.17, 15) is 14.4 Å². The Hall–Kier alpha value is -3.15. The average Bonchev–Trinajstić information content (AvgIpc) is 3.22. The number of carbonyl (C=O) groups is 3. The van der Waals surface area contributed by atoms with Gasteiger partial charge < -0.3 is 14.2 Å². The van der Waals surface area contributed by atoms with Crippen LogP contribution in [0.2, 0.25) is 0 Å². The molecule has 0 rings (SSSR count). The minimum absolute atomic E-state index is 0.111. The fourth-order valence-corrected chi connectivity index (χ4v) is 6.33. The Morgan fingerprint density at radius 3 is 1.24 bits per heavy atom. The van der Waals surface area contributed by atoms with Crippen molar-refractivity contribution in [3.8, 4) is 0 Å². The number of unbranched alkanes of at least 4 members (excludes halogenated alkanes) is 20. The number of hydrogen-bond donors (Lipinski definition) is 0. The normalized spacial score (nSPS) is 12.7. The molecule has 6 heteroatoms. The lowest BCUT2D eigenvalue weighted by atomic mass is 10.1. The molecule has 0 saturated heterocycles. The molecule has 0 aromatic rings. The van der Waals surface area contributed by atoms with Crippen LogP contribution in [0.25, 0.3) is 0 Å². The van der Waals surface area contributed by atoms with E-state index < -0.39 is 6.10 Å². The number of rotatable bonds is 42. The molecule has 0 heterocycles. The van der Waals surface area contributed by atoms with Gasteiger partial charge in [0.1, 0.15) is 13.2 Å². The zero-order chi connectivity index (χ0) is 42.3. The second-order valence-electron chi connectivity index (χ2n) is 15.7. The number of allylic oxidation sites excluding steroid dienone is 12. The first-order chi connectivity index (χ1) is 28.5. The Bertz CT molecular complexity index is 1110. The lowest BCUT2D eigenvalue weighted by Gasteiger charge is -2.18. The summed E-state index contributed by atoms with van der Waals surface area (Å²) in [5.74, 6) is -1.01. The minimum Gasteiger partial charge on any atom is -0.462 e. The van der Waals surface area contributed by atoms with E-state index in [1.54, 1.807) is 0 Å². The Kier molecular flexibility index (Phi) is 44.0. The maximum atomic E-state index is 12.7. The highest BCUT2D eigenvalue weighted by atomic mass is 16.6. The van der Waals surface area contributed by atoms with Gasteiger partial charge in [-0.15, -0.1) is 0 Å². The number of esters is 3. The monoisotopic (exact) mass is 809 g/mol. The summed E-state index contributed by atoms with van der Waals surface area (Å²) in [4.78, 5) is 37.8. The molecular weight excluding hydrogens is 721 g/mol. The van der Waals surface area contributed by atoms with E-state index in [4.69, 9.17) is 14.2 Å². The fraction of sp³-hybridized carbons (Fsp3) is 0.712. The summed E-state index contributed by atoms with van der Waals surface area (Å²) in [6.45, 7) is 6.41. The smallest absolute Gasteiger partial charge is 0.306 e. The Morgan fingerprint density at radius 2 is 0.741 bits per heavy atom. The quantitative estimate of drug-likeness (QED) is 0.0201. The predicted octanol–water partition coefficient (Wildman–Crippen LogP) is 15.5. The van der Waals surface area contributed by atoms with Crippen molar-refractivity contribution in [2.75, 3.05) is 13.2 Å². The molecule has 1 atom stereocenters. The minimum atomic E-state index is -0.812. The zero-order valence-electron chi connectivity index (χ0n) is 37.8. The molecule has 6 nitrogen and oxygen atoms in total. The van der Waals surface area contributed by atoms with E-state index >= 15 is 0 Å². The molecule has 332 valence electrons. The average molecular weight is 809 g/mol. The standard InChI is InChI=1S/C52H88O6/c1-4-7-10-13-16-19-22-24-25-26-28-30-33-36-39-42-45-51(54)57-48-49(47-56-50(53)44-41-38-35-32-29-21-18-15-12-9-6-3)58-52(55)46-43-40-37-34-31-27-23-20-17-14-11-8-5-2/h9,12,18,21,25-28,30-32,35,49H,4-8,10-11,13-17,19-20,22-24,29,33-34,36-48H2,1-3H3/b12-9-,21-18-,26-25-,30-28-,31-27-,35-32-. The van der Waals surface area contributed by atoms with Crippen molar-refractivity contribution in [3.05, 3.63) is 72.9 Å². The predicted molar refractivity (Wildman–Crippen MR) is 247 cm³/mol. The second kappa shape index (κ2) is 46.5. The van der Waals surface area contributed by atoms with Crippen LogP contribution in [0.1, 0.15) is 220 Å². The number of hydrogen-bond acceptors (Lipinski definition) is 6. The van der Waals surface area contributed by atoms with Gasteiger partial charge in [-0.05, 0) is 96.3 Å². The fourth-order valence-electron chi connectivity index (χ4n) is 6.33. The molecule has 0 aliphatic rings. The first-order valence-electron chi connectivity index (χ1n) is 24.0. The van der Waals surface area contributed by atoms with Crippen LogP contribution in [0.15, 0.2) is 72.9 Å². The Labute approximate surface area is 357 Å². The second-order valence-corrected chi connectivity index (χ2v) is 15.7. The SMILES string of the molecule is CC/C=C\C/C=C\C/C=C\CCCC(=O)OCC(COC(=O)CCCCC/C=C\C=C/CCCCCCCCC)OC(=O)CCCCC/C=C\CCCCCCCC. The molecule has 0 aromatic carbocycles. The van der Waals surface area contributed by atoms with Crippen molar-refractivity contribution in [1.82, 2.24) is 0 Å². The van der Waals surface area contributed by atoms with Crippen LogP contribution in [0.5, 0.6) is 0 Å². The maximum Gasteiger partial charge on any atom is 0.306 e. The van der Waals surface area contributed by atoms with Gasteiger partial charge >= 0.3 is 17.9 Å². The van der Waals surface area contributed by atoms with Crippen LogP contribution >= 0.6 is 0 Å². The number of carbonyl (C=O) groups excluding carboxylic acids is 3. The first kappa shape index (κ1) is 54.9. The highest BCUT2D eigenvalue weighted by Crippen LogP contribution is 2.12. The van der Waals surface area contributed by atoms with Gasteiger partial charge in [-0.3, -0.25) is 14.4 Å². The Morgan fingerprint density at radius 1 is 0.379 bits per heavy atom. The molecule has 0 radical (unpaired) electrons. The summed E-state index contributed by atoms with van der Waals surface area (Å²) in [6, 6.07) is 0. The maximum absolute atomic E-state index is 12.7. The molecule has 58 heavy (non-hydrogen) atoms. The van der Waals surface area contributed by atoms with Crippen LogP contribution in [0.3, 0.4) is 0 Å². The van der Waals surface area contributed by atoms with Gasteiger partial charge in [-0.25, -0.2) is 0 Å². The molecule has 0 N–H and O–H groups in total. The highest BCUT2D eigenvalue weighted by Gasteiger charge is 2.19. The summed E-state index contributed by atoms with van der Waals surface area (Å²) in [5.41, 5.74) is 0. The molecule has 0 spiro atoms. The summed E-state index contributed by atoms with van der Waals surface area (Å²) < 4.78 is 16.6. The molecular formula is C52H88O6.